The van der Waals surface area contributed by atoms with Crippen molar-refractivity contribution in [2.45, 2.75) is 71.0 Å². The number of hydrogen-bond donors (Lipinski definition) is 1. The van der Waals surface area contributed by atoms with E-state index < -0.39 is 0 Å². The highest BCUT2D eigenvalue weighted by atomic mass is 15.2. The molecule has 2 fully saturated rings. The molecule has 0 aliphatic carbocycles. The summed E-state index contributed by atoms with van der Waals surface area (Å²) in [6.07, 6.45) is 6.94. The molecule has 2 nitrogen and oxygen atoms in total. The van der Waals surface area contributed by atoms with Crippen LogP contribution in [-0.4, -0.2) is 36.1 Å². The van der Waals surface area contributed by atoms with Gasteiger partial charge in [0.1, 0.15) is 0 Å². The first kappa shape index (κ1) is 12.4. The van der Waals surface area contributed by atoms with Crippen molar-refractivity contribution < 1.29 is 0 Å². The van der Waals surface area contributed by atoms with Crippen molar-refractivity contribution in [2.75, 3.05) is 13.1 Å². The highest BCUT2D eigenvalue weighted by Gasteiger charge is 2.31. The maximum absolute atomic E-state index is 3.55. The van der Waals surface area contributed by atoms with Gasteiger partial charge in [0.05, 0.1) is 0 Å². The van der Waals surface area contributed by atoms with Crippen molar-refractivity contribution in [1.29, 1.82) is 0 Å². The van der Waals surface area contributed by atoms with Gasteiger partial charge in [0.25, 0.3) is 0 Å². The summed E-state index contributed by atoms with van der Waals surface area (Å²) >= 11 is 0. The van der Waals surface area contributed by atoms with E-state index in [2.05, 4.69) is 31.0 Å². The Kier molecular flexibility index (Phi) is 4.26. The average Bonchev–Trinajstić information content (AvgIpc) is 2.60. The second-order valence-electron chi connectivity index (χ2n) is 5.93. The summed E-state index contributed by atoms with van der Waals surface area (Å²) in [7, 11) is 0. The van der Waals surface area contributed by atoms with Gasteiger partial charge in [-0.15, -0.1) is 0 Å². The van der Waals surface area contributed by atoms with Crippen molar-refractivity contribution in [3.05, 3.63) is 0 Å². The summed E-state index contributed by atoms with van der Waals surface area (Å²) in [6, 6.07) is 2.44. The topological polar surface area (TPSA) is 15.3 Å². The van der Waals surface area contributed by atoms with Gasteiger partial charge in [-0.3, -0.25) is 4.90 Å². The number of nitrogens with one attached hydrogen (secondary N) is 1. The molecule has 0 aromatic rings. The monoisotopic (exact) mass is 224 g/mol. The normalized spacial score (nSPS) is 41.4. The van der Waals surface area contributed by atoms with Gasteiger partial charge in [0.2, 0.25) is 0 Å². The third kappa shape index (κ3) is 2.78. The molecule has 4 unspecified atom stereocenters. The summed E-state index contributed by atoms with van der Waals surface area (Å²) in [5, 5.41) is 3.55. The molecule has 94 valence electrons. The number of nitrogens with zero attached hydrogens (tertiary/aromatic N) is 1. The predicted molar refractivity (Wildman–Crippen MR) is 69.7 cm³/mol. The zero-order chi connectivity index (χ0) is 11.5. The second kappa shape index (κ2) is 5.50. The van der Waals surface area contributed by atoms with E-state index in [0.29, 0.717) is 0 Å². The van der Waals surface area contributed by atoms with Crippen LogP contribution < -0.4 is 5.32 Å². The lowest BCUT2D eigenvalue weighted by atomic mass is 9.92. The SMILES string of the molecule is CCC1CCC(C)N1CC1CCNC(C)C1. The van der Waals surface area contributed by atoms with Gasteiger partial charge < -0.3 is 5.32 Å². The molecule has 0 bridgehead atoms. The van der Waals surface area contributed by atoms with Crippen molar-refractivity contribution in [3.8, 4) is 0 Å². The summed E-state index contributed by atoms with van der Waals surface area (Å²) in [4.78, 5) is 2.79. The smallest absolute Gasteiger partial charge is 0.00961 e. The lowest BCUT2D eigenvalue weighted by molar-refractivity contribution is 0.144. The summed E-state index contributed by atoms with van der Waals surface area (Å²) in [6.45, 7) is 9.67. The lowest BCUT2D eigenvalue weighted by Gasteiger charge is -2.35. The van der Waals surface area contributed by atoms with Gasteiger partial charge in [-0.2, -0.15) is 0 Å². The molecule has 2 heteroatoms. The highest BCUT2D eigenvalue weighted by Crippen LogP contribution is 2.29. The summed E-state index contributed by atoms with van der Waals surface area (Å²) in [5.41, 5.74) is 0. The molecule has 16 heavy (non-hydrogen) atoms. The molecule has 0 aromatic heterocycles. The van der Waals surface area contributed by atoms with E-state index >= 15 is 0 Å². The Morgan fingerprint density at radius 1 is 1.19 bits per heavy atom. The number of rotatable bonds is 3. The molecule has 4 atom stereocenters. The van der Waals surface area contributed by atoms with Gasteiger partial charge in [-0.05, 0) is 58.4 Å². The van der Waals surface area contributed by atoms with Crippen LogP contribution in [0.2, 0.25) is 0 Å². The first-order valence-electron chi connectivity index (χ1n) is 7.19. The Morgan fingerprint density at radius 2 is 2.00 bits per heavy atom. The van der Waals surface area contributed by atoms with Crippen molar-refractivity contribution >= 4 is 0 Å². The van der Waals surface area contributed by atoms with Crippen LogP contribution in [0.15, 0.2) is 0 Å². The predicted octanol–water partition coefficient (Wildman–Crippen LogP) is 2.64. The third-order valence-corrected chi connectivity index (χ3v) is 4.63. The van der Waals surface area contributed by atoms with Crippen LogP contribution in [0.1, 0.15) is 52.9 Å². The molecule has 0 saturated carbocycles. The van der Waals surface area contributed by atoms with Crippen molar-refractivity contribution in [2.24, 2.45) is 5.92 Å². The molecule has 2 heterocycles. The van der Waals surface area contributed by atoms with Crippen LogP contribution in [0.4, 0.5) is 0 Å². The molecule has 0 radical (unpaired) electrons. The summed E-state index contributed by atoms with van der Waals surface area (Å²) < 4.78 is 0. The van der Waals surface area contributed by atoms with Gasteiger partial charge in [0.15, 0.2) is 0 Å². The maximum Gasteiger partial charge on any atom is 0.00961 e. The Morgan fingerprint density at radius 3 is 2.69 bits per heavy atom. The third-order valence-electron chi connectivity index (χ3n) is 4.63. The molecule has 0 amide bonds. The average molecular weight is 224 g/mol. The number of hydrogen-bond acceptors (Lipinski definition) is 2. The van der Waals surface area contributed by atoms with E-state index in [4.69, 9.17) is 0 Å². The van der Waals surface area contributed by atoms with Gasteiger partial charge in [-0.1, -0.05) is 6.92 Å². The first-order valence-corrected chi connectivity index (χ1v) is 7.19. The van der Waals surface area contributed by atoms with Gasteiger partial charge in [0, 0.05) is 24.7 Å². The minimum absolute atomic E-state index is 0.733. The Bertz CT molecular complexity index is 217. The quantitative estimate of drug-likeness (QED) is 0.793. The molecule has 2 aliphatic rings. The zero-order valence-electron chi connectivity index (χ0n) is 11.2. The Labute approximate surface area is 101 Å². The fraction of sp³-hybridized carbons (Fsp3) is 1.00. The van der Waals surface area contributed by atoms with Crippen LogP contribution in [0.5, 0.6) is 0 Å². The van der Waals surface area contributed by atoms with Gasteiger partial charge >= 0.3 is 0 Å². The lowest BCUT2D eigenvalue weighted by Crippen LogP contribution is -2.43. The second-order valence-corrected chi connectivity index (χ2v) is 5.93. The molecule has 0 aromatic carbocycles. The summed E-state index contributed by atoms with van der Waals surface area (Å²) in [5.74, 6) is 0.936. The molecule has 2 rings (SSSR count). The van der Waals surface area contributed by atoms with E-state index in [-0.39, 0.29) is 0 Å². The zero-order valence-corrected chi connectivity index (χ0v) is 11.2. The molecular weight excluding hydrogens is 196 g/mol. The minimum Gasteiger partial charge on any atom is -0.314 e. The van der Waals surface area contributed by atoms with Crippen LogP contribution in [-0.2, 0) is 0 Å². The maximum atomic E-state index is 3.55. The van der Waals surface area contributed by atoms with Crippen LogP contribution >= 0.6 is 0 Å². The Hall–Kier alpha value is -0.0800. The van der Waals surface area contributed by atoms with Crippen LogP contribution in [0.3, 0.4) is 0 Å². The van der Waals surface area contributed by atoms with Crippen molar-refractivity contribution in [1.82, 2.24) is 10.2 Å². The van der Waals surface area contributed by atoms with Crippen molar-refractivity contribution in [3.63, 3.8) is 0 Å². The first-order chi connectivity index (χ1) is 7.70. The molecular formula is C14H28N2. The van der Waals surface area contributed by atoms with E-state index in [1.54, 1.807) is 0 Å². The minimum atomic E-state index is 0.733. The molecule has 1 N–H and O–H groups in total. The van der Waals surface area contributed by atoms with E-state index in [1.807, 2.05) is 0 Å². The highest BCUT2D eigenvalue weighted by molar-refractivity contribution is 4.87. The molecule has 0 spiro atoms. The fourth-order valence-corrected chi connectivity index (χ4v) is 3.59. The van der Waals surface area contributed by atoms with E-state index in [1.165, 1.54) is 45.2 Å². The number of piperidine rings is 1. The van der Waals surface area contributed by atoms with Gasteiger partial charge in [-0.25, -0.2) is 0 Å². The van der Waals surface area contributed by atoms with Crippen LogP contribution in [0.25, 0.3) is 0 Å². The fourth-order valence-electron chi connectivity index (χ4n) is 3.59. The molecule has 2 aliphatic heterocycles. The largest absolute Gasteiger partial charge is 0.314 e. The van der Waals surface area contributed by atoms with Crippen LogP contribution in [0, 0.1) is 5.92 Å². The Balaban J connectivity index is 1.87. The molecule has 2 saturated heterocycles. The van der Waals surface area contributed by atoms with E-state index in [0.717, 1.165) is 24.0 Å². The standard InChI is InChI=1S/C14H28N2/c1-4-14-6-5-12(3)16(14)10-13-7-8-15-11(2)9-13/h11-15H,4-10H2,1-3H3. The number of likely N-dealkylation sites (tertiary alicyclic amines) is 1. The van der Waals surface area contributed by atoms with E-state index in [9.17, 15) is 0 Å².